The molecular weight excluding hydrogens is 404 g/mol. The molecule has 2 aliphatic heterocycles. The molecule has 5 nitrogen and oxygen atoms in total. The van der Waals surface area contributed by atoms with Crippen LogP contribution in [0.3, 0.4) is 0 Å². The molecule has 2 fully saturated rings. The standard InChI is InChI=1S/C18H25BrN2O3S/c1-14-8-11-20(12-9-14)18(22)15-3-2-10-21(13-15)25(23,24)17-6-4-16(19)5-7-17/h4-7,14-15H,2-3,8-13H2,1H3. The number of amides is 1. The van der Waals surface area contributed by atoms with Crippen LogP contribution in [-0.4, -0.2) is 49.7 Å². The van der Waals surface area contributed by atoms with E-state index in [-0.39, 0.29) is 16.7 Å². The highest BCUT2D eigenvalue weighted by atomic mass is 79.9. The number of sulfonamides is 1. The quantitative estimate of drug-likeness (QED) is 0.742. The Morgan fingerprint density at radius 3 is 2.36 bits per heavy atom. The van der Waals surface area contributed by atoms with Gasteiger partial charge >= 0.3 is 0 Å². The first-order chi connectivity index (χ1) is 11.9. The normalized spacial score (nSPS) is 23.6. The fourth-order valence-electron chi connectivity index (χ4n) is 3.61. The molecule has 1 unspecified atom stereocenters. The van der Waals surface area contributed by atoms with E-state index in [1.165, 1.54) is 4.31 Å². The minimum Gasteiger partial charge on any atom is -0.342 e. The van der Waals surface area contributed by atoms with E-state index in [1.807, 2.05) is 4.90 Å². The van der Waals surface area contributed by atoms with Gasteiger partial charge < -0.3 is 4.90 Å². The van der Waals surface area contributed by atoms with E-state index in [0.29, 0.717) is 19.0 Å². The van der Waals surface area contributed by atoms with E-state index in [2.05, 4.69) is 22.9 Å². The van der Waals surface area contributed by atoms with Crippen molar-refractivity contribution in [1.82, 2.24) is 9.21 Å². The van der Waals surface area contributed by atoms with E-state index in [0.717, 1.165) is 43.2 Å². The van der Waals surface area contributed by atoms with Crippen molar-refractivity contribution in [2.75, 3.05) is 26.2 Å². The molecule has 0 saturated carbocycles. The lowest BCUT2D eigenvalue weighted by Crippen LogP contribution is -2.48. The van der Waals surface area contributed by atoms with Gasteiger partial charge in [-0.1, -0.05) is 22.9 Å². The molecule has 0 bridgehead atoms. The van der Waals surface area contributed by atoms with Gasteiger partial charge in [0.2, 0.25) is 15.9 Å². The minimum atomic E-state index is -3.54. The molecular formula is C18H25BrN2O3S. The van der Waals surface area contributed by atoms with Crippen LogP contribution in [0.2, 0.25) is 0 Å². The third kappa shape index (κ3) is 4.26. The van der Waals surface area contributed by atoms with Crippen LogP contribution in [0.25, 0.3) is 0 Å². The van der Waals surface area contributed by atoms with Gasteiger partial charge in [0.05, 0.1) is 10.8 Å². The molecule has 0 aliphatic carbocycles. The second-order valence-electron chi connectivity index (χ2n) is 7.16. The molecule has 0 N–H and O–H groups in total. The summed E-state index contributed by atoms with van der Waals surface area (Å²) in [7, 11) is -3.54. The second-order valence-corrected chi connectivity index (χ2v) is 10.0. The van der Waals surface area contributed by atoms with Gasteiger partial charge in [0.1, 0.15) is 0 Å². The molecule has 3 rings (SSSR count). The van der Waals surface area contributed by atoms with Gasteiger partial charge in [0.15, 0.2) is 0 Å². The molecule has 2 heterocycles. The summed E-state index contributed by atoms with van der Waals surface area (Å²) in [6.45, 7) is 4.60. The predicted molar refractivity (Wildman–Crippen MR) is 101 cm³/mol. The maximum Gasteiger partial charge on any atom is 0.243 e. The zero-order chi connectivity index (χ0) is 18.0. The van der Waals surface area contributed by atoms with Gasteiger partial charge in [-0.2, -0.15) is 4.31 Å². The summed E-state index contributed by atoms with van der Waals surface area (Å²) in [6.07, 6.45) is 3.59. The van der Waals surface area contributed by atoms with Crippen LogP contribution in [-0.2, 0) is 14.8 Å². The van der Waals surface area contributed by atoms with E-state index < -0.39 is 10.0 Å². The Hall–Kier alpha value is -0.920. The topological polar surface area (TPSA) is 57.7 Å². The summed E-state index contributed by atoms with van der Waals surface area (Å²) >= 11 is 3.33. The Kier molecular flexibility index (Phi) is 5.85. The first kappa shape index (κ1) is 18.9. The van der Waals surface area contributed by atoms with Gasteiger partial charge in [-0.15, -0.1) is 0 Å². The SMILES string of the molecule is CC1CCN(C(=O)C2CCCN(S(=O)(=O)c3ccc(Br)cc3)C2)CC1. The lowest BCUT2D eigenvalue weighted by atomic mass is 9.94. The molecule has 1 aromatic rings. The molecule has 138 valence electrons. The van der Waals surface area contributed by atoms with Crippen LogP contribution in [0.4, 0.5) is 0 Å². The first-order valence-corrected chi connectivity index (χ1v) is 11.2. The van der Waals surface area contributed by atoms with Crippen molar-refractivity contribution in [2.24, 2.45) is 11.8 Å². The molecule has 1 aromatic carbocycles. The predicted octanol–water partition coefficient (Wildman–Crippen LogP) is 3.11. The summed E-state index contributed by atoms with van der Waals surface area (Å²) in [5, 5.41) is 0. The number of nitrogens with zero attached hydrogens (tertiary/aromatic N) is 2. The van der Waals surface area contributed by atoms with Crippen LogP contribution >= 0.6 is 15.9 Å². The van der Waals surface area contributed by atoms with E-state index in [9.17, 15) is 13.2 Å². The van der Waals surface area contributed by atoms with Crippen LogP contribution in [0.1, 0.15) is 32.6 Å². The molecule has 7 heteroatoms. The fourth-order valence-corrected chi connectivity index (χ4v) is 5.39. The van der Waals surface area contributed by atoms with E-state index in [1.54, 1.807) is 24.3 Å². The molecule has 2 saturated heterocycles. The van der Waals surface area contributed by atoms with E-state index in [4.69, 9.17) is 0 Å². The molecule has 1 atom stereocenters. The van der Waals surface area contributed by atoms with Crippen LogP contribution in [0, 0.1) is 11.8 Å². The summed E-state index contributed by atoms with van der Waals surface area (Å²) in [5.41, 5.74) is 0. The summed E-state index contributed by atoms with van der Waals surface area (Å²) in [4.78, 5) is 15.0. The molecule has 25 heavy (non-hydrogen) atoms. The lowest BCUT2D eigenvalue weighted by Gasteiger charge is -2.36. The Bertz CT molecular complexity index is 712. The number of halogens is 1. The fraction of sp³-hybridized carbons (Fsp3) is 0.611. The van der Waals surface area contributed by atoms with Gasteiger partial charge in [0, 0.05) is 30.7 Å². The maximum atomic E-state index is 12.9. The second kappa shape index (κ2) is 7.76. The molecule has 1 amide bonds. The van der Waals surface area contributed by atoms with Crippen molar-refractivity contribution in [3.05, 3.63) is 28.7 Å². The molecule has 0 radical (unpaired) electrons. The van der Waals surface area contributed by atoms with Crippen molar-refractivity contribution in [1.29, 1.82) is 0 Å². The summed E-state index contributed by atoms with van der Waals surface area (Å²) in [5.74, 6) is 0.583. The average molecular weight is 429 g/mol. The van der Waals surface area contributed by atoms with Crippen LogP contribution < -0.4 is 0 Å². The Morgan fingerprint density at radius 1 is 1.08 bits per heavy atom. The maximum absolute atomic E-state index is 12.9. The van der Waals surface area contributed by atoms with E-state index >= 15 is 0 Å². The largest absolute Gasteiger partial charge is 0.342 e. The van der Waals surface area contributed by atoms with Crippen molar-refractivity contribution in [2.45, 2.75) is 37.5 Å². The van der Waals surface area contributed by atoms with Crippen molar-refractivity contribution < 1.29 is 13.2 Å². The van der Waals surface area contributed by atoms with Crippen molar-refractivity contribution in [3.63, 3.8) is 0 Å². The van der Waals surface area contributed by atoms with Gasteiger partial charge in [-0.05, 0) is 55.9 Å². The van der Waals surface area contributed by atoms with Crippen molar-refractivity contribution >= 4 is 31.9 Å². The summed E-state index contributed by atoms with van der Waals surface area (Å²) < 4.78 is 28.1. The third-order valence-electron chi connectivity index (χ3n) is 5.28. The lowest BCUT2D eigenvalue weighted by molar-refractivity contribution is -0.138. The number of rotatable bonds is 3. The smallest absolute Gasteiger partial charge is 0.243 e. The number of benzene rings is 1. The first-order valence-electron chi connectivity index (χ1n) is 8.92. The van der Waals surface area contributed by atoms with Gasteiger partial charge in [-0.3, -0.25) is 4.79 Å². The Morgan fingerprint density at radius 2 is 1.72 bits per heavy atom. The van der Waals surface area contributed by atoms with Crippen molar-refractivity contribution in [3.8, 4) is 0 Å². The molecule has 0 aromatic heterocycles. The number of hydrogen-bond acceptors (Lipinski definition) is 3. The Labute approximate surface area is 158 Å². The zero-order valence-electron chi connectivity index (χ0n) is 14.5. The summed E-state index contributed by atoms with van der Waals surface area (Å²) in [6, 6.07) is 6.68. The Balaban J connectivity index is 1.70. The number of piperidine rings is 2. The zero-order valence-corrected chi connectivity index (χ0v) is 16.9. The number of hydrogen-bond donors (Lipinski definition) is 0. The van der Waals surface area contributed by atoms with Gasteiger partial charge in [0.25, 0.3) is 0 Å². The molecule has 0 spiro atoms. The van der Waals surface area contributed by atoms with Crippen LogP contribution in [0.15, 0.2) is 33.6 Å². The highest BCUT2D eigenvalue weighted by Crippen LogP contribution is 2.27. The number of carbonyl (C=O) groups excluding carboxylic acids is 1. The molecule has 2 aliphatic rings. The highest BCUT2D eigenvalue weighted by molar-refractivity contribution is 9.10. The highest BCUT2D eigenvalue weighted by Gasteiger charge is 2.35. The average Bonchev–Trinajstić information content (AvgIpc) is 2.62. The minimum absolute atomic E-state index is 0.127. The van der Waals surface area contributed by atoms with Gasteiger partial charge in [-0.25, -0.2) is 8.42 Å². The third-order valence-corrected chi connectivity index (χ3v) is 7.69. The van der Waals surface area contributed by atoms with Crippen LogP contribution in [0.5, 0.6) is 0 Å². The number of carbonyl (C=O) groups is 1. The monoisotopic (exact) mass is 428 g/mol. The number of likely N-dealkylation sites (tertiary alicyclic amines) is 1.